The van der Waals surface area contributed by atoms with Crippen LogP contribution in [0.5, 0.6) is 0 Å². The topological polar surface area (TPSA) is 75.6 Å². The second-order valence-corrected chi connectivity index (χ2v) is 8.29. The molecule has 0 radical (unpaired) electrons. The predicted octanol–water partition coefficient (Wildman–Crippen LogP) is 3.49. The fourth-order valence-corrected chi connectivity index (χ4v) is 3.06. The van der Waals surface area contributed by atoms with E-state index in [0.717, 1.165) is 11.1 Å². The van der Waals surface area contributed by atoms with Gasteiger partial charge in [-0.05, 0) is 29.6 Å². The number of aliphatic hydroxyl groups is 1. The normalized spacial score (nSPS) is 23.0. The van der Waals surface area contributed by atoms with Gasteiger partial charge in [-0.15, -0.1) is 0 Å². The number of hydrogen-bond acceptors (Lipinski definition) is 4. The van der Waals surface area contributed by atoms with Gasteiger partial charge >= 0.3 is 5.97 Å². The lowest BCUT2D eigenvalue weighted by Gasteiger charge is -2.30. The van der Waals surface area contributed by atoms with Crippen molar-refractivity contribution in [2.75, 3.05) is 0 Å². The number of nitrogens with one attached hydrogen (secondary N) is 1. The van der Waals surface area contributed by atoms with Crippen LogP contribution < -0.4 is 5.32 Å². The first-order valence-electron chi connectivity index (χ1n) is 9.14. The number of esters is 1. The van der Waals surface area contributed by atoms with E-state index >= 15 is 0 Å². The average molecular weight is 371 g/mol. The highest BCUT2D eigenvalue weighted by molar-refractivity contribution is 5.82. The van der Waals surface area contributed by atoms with Crippen LogP contribution in [0.2, 0.25) is 0 Å². The van der Waals surface area contributed by atoms with Crippen molar-refractivity contribution in [3.63, 3.8) is 0 Å². The molecule has 0 bridgehead atoms. The molecule has 0 heterocycles. The zero-order chi connectivity index (χ0) is 20.2. The number of benzene rings is 1. The largest absolute Gasteiger partial charge is 0.431 e. The minimum atomic E-state index is -1.38. The molecule has 0 aliphatic heterocycles. The number of hydrogen-bond donors (Lipinski definition) is 2. The van der Waals surface area contributed by atoms with Crippen molar-refractivity contribution >= 4 is 11.9 Å². The molecule has 2 rings (SSSR count). The number of rotatable bonds is 4. The highest BCUT2D eigenvalue weighted by atomic mass is 16.5. The number of carbonyl (C=O) groups excluding carboxylic acids is 2. The molecule has 5 nitrogen and oxygen atoms in total. The van der Waals surface area contributed by atoms with Crippen molar-refractivity contribution in [2.45, 2.75) is 53.2 Å². The summed E-state index contributed by atoms with van der Waals surface area (Å²) in [4.78, 5) is 24.3. The Morgan fingerprint density at radius 2 is 1.89 bits per heavy atom. The highest BCUT2D eigenvalue weighted by Gasteiger charge is 2.40. The molecule has 2 N–H and O–H groups in total. The van der Waals surface area contributed by atoms with Crippen LogP contribution in [0.15, 0.2) is 53.8 Å². The van der Waals surface area contributed by atoms with Crippen LogP contribution in [-0.4, -0.2) is 22.6 Å². The second kappa shape index (κ2) is 8.09. The smallest absolute Gasteiger partial charge is 0.307 e. The molecule has 146 valence electrons. The molecule has 1 aliphatic rings. The maximum atomic E-state index is 12.9. The highest BCUT2D eigenvalue weighted by Crippen LogP contribution is 2.37. The fraction of sp³-hybridized carbons (Fsp3) is 0.455. The van der Waals surface area contributed by atoms with E-state index in [1.807, 2.05) is 51.1 Å². The van der Waals surface area contributed by atoms with Gasteiger partial charge in [-0.1, -0.05) is 57.2 Å². The van der Waals surface area contributed by atoms with E-state index in [1.54, 1.807) is 19.1 Å². The summed E-state index contributed by atoms with van der Waals surface area (Å²) in [6.45, 7) is 9.35. The SMILES string of the molecule is CC(=O)OC1=CC(C(C)(C)C)=C[C@@H](C(=O)NCc2ccccc2)[C@@](C)(O)C1. The van der Waals surface area contributed by atoms with Crippen LogP contribution in [0.1, 0.15) is 46.6 Å². The third-order valence-corrected chi connectivity index (χ3v) is 4.60. The Bertz CT molecular complexity index is 754. The molecule has 0 aromatic heterocycles. The van der Waals surface area contributed by atoms with Gasteiger partial charge < -0.3 is 15.2 Å². The van der Waals surface area contributed by atoms with E-state index in [2.05, 4.69) is 5.32 Å². The number of carbonyl (C=O) groups is 2. The van der Waals surface area contributed by atoms with Gasteiger partial charge in [0.15, 0.2) is 0 Å². The van der Waals surface area contributed by atoms with Crippen LogP contribution in [0, 0.1) is 11.3 Å². The van der Waals surface area contributed by atoms with E-state index in [9.17, 15) is 14.7 Å². The van der Waals surface area contributed by atoms with Gasteiger partial charge in [-0.2, -0.15) is 0 Å². The van der Waals surface area contributed by atoms with Crippen molar-refractivity contribution in [3.8, 4) is 0 Å². The molecule has 1 aromatic rings. The molecular weight excluding hydrogens is 342 g/mol. The lowest BCUT2D eigenvalue weighted by Crippen LogP contribution is -2.44. The van der Waals surface area contributed by atoms with Gasteiger partial charge in [0.2, 0.25) is 5.91 Å². The lowest BCUT2D eigenvalue weighted by molar-refractivity contribution is -0.138. The van der Waals surface area contributed by atoms with Gasteiger partial charge in [-0.3, -0.25) is 9.59 Å². The van der Waals surface area contributed by atoms with Gasteiger partial charge in [0.25, 0.3) is 0 Å². The lowest BCUT2D eigenvalue weighted by atomic mass is 9.81. The average Bonchev–Trinajstić information content (AvgIpc) is 2.68. The predicted molar refractivity (Wildman–Crippen MR) is 104 cm³/mol. The van der Waals surface area contributed by atoms with Crippen molar-refractivity contribution in [2.24, 2.45) is 11.3 Å². The monoisotopic (exact) mass is 371 g/mol. The quantitative estimate of drug-likeness (QED) is 0.795. The Kier molecular flexibility index (Phi) is 6.26. The third kappa shape index (κ3) is 5.79. The first-order chi connectivity index (χ1) is 12.5. The maximum absolute atomic E-state index is 12.9. The Hall–Kier alpha value is -2.40. The van der Waals surface area contributed by atoms with E-state index in [-0.39, 0.29) is 17.7 Å². The van der Waals surface area contributed by atoms with E-state index in [4.69, 9.17) is 4.74 Å². The Morgan fingerprint density at radius 1 is 1.26 bits per heavy atom. The van der Waals surface area contributed by atoms with Crippen LogP contribution in [-0.2, 0) is 20.9 Å². The summed E-state index contributed by atoms with van der Waals surface area (Å²) in [5, 5.41) is 13.9. The number of allylic oxidation sites excluding steroid dienone is 2. The van der Waals surface area contributed by atoms with Crippen molar-refractivity contribution in [1.29, 1.82) is 0 Å². The van der Waals surface area contributed by atoms with Gasteiger partial charge in [0.05, 0.1) is 11.5 Å². The molecule has 2 atom stereocenters. The van der Waals surface area contributed by atoms with E-state index < -0.39 is 17.5 Å². The number of ether oxygens (including phenoxy) is 1. The summed E-state index contributed by atoms with van der Waals surface area (Å²) in [6.07, 6.45) is 3.63. The van der Waals surface area contributed by atoms with Crippen LogP contribution in [0.25, 0.3) is 0 Å². The maximum Gasteiger partial charge on any atom is 0.307 e. The first-order valence-corrected chi connectivity index (χ1v) is 9.14. The Labute approximate surface area is 161 Å². The summed E-state index contributed by atoms with van der Waals surface area (Å²) < 4.78 is 5.28. The molecule has 5 heteroatoms. The van der Waals surface area contributed by atoms with Crippen molar-refractivity contribution < 1.29 is 19.4 Å². The minimum absolute atomic E-state index is 0.0755. The van der Waals surface area contributed by atoms with Gasteiger partial charge in [0.1, 0.15) is 5.76 Å². The second-order valence-electron chi connectivity index (χ2n) is 8.29. The van der Waals surface area contributed by atoms with Gasteiger partial charge in [-0.25, -0.2) is 0 Å². The van der Waals surface area contributed by atoms with Crippen molar-refractivity contribution in [1.82, 2.24) is 5.32 Å². The third-order valence-electron chi connectivity index (χ3n) is 4.60. The summed E-state index contributed by atoms with van der Waals surface area (Å²) in [5.41, 5.74) is 0.174. The molecule has 0 fully saturated rings. The van der Waals surface area contributed by atoms with Crippen molar-refractivity contribution in [3.05, 3.63) is 59.4 Å². The molecule has 0 saturated carbocycles. The fourth-order valence-electron chi connectivity index (χ4n) is 3.06. The molecule has 0 unspecified atom stereocenters. The molecular formula is C22H29NO4. The summed E-state index contributed by atoms with van der Waals surface area (Å²) in [6, 6.07) is 9.61. The van der Waals surface area contributed by atoms with Crippen LogP contribution >= 0.6 is 0 Å². The van der Waals surface area contributed by atoms with Crippen LogP contribution in [0.4, 0.5) is 0 Å². The molecule has 1 amide bonds. The van der Waals surface area contributed by atoms with E-state index in [1.165, 1.54) is 6.92 Å². The summed E-state index contributed by atoms with van der Waals surface area (Å²) in [5.74, 6) is -1.10. The molecule has 27 heavy (non-hydrogen) atoms. The zero-order valence-corrected chi connectivity index (χ0v) is 16.7. The zero-order valence-electron chi connectivity index (χ0n) is 16.7. The van der Waals surface area contributed by atoms with E-state index in [0.29, 0.717) is 12.3 Å². The van der Waals surface area contributed by atoms with Gasteiger partial charge in [0, 0.05) is 19.9 Å². The minimum Gasteiger partial charge on any atom is -0.431 e. The molecule has 1 aliphatic carbocycles. The van der Waals surface area contributed by atoms with Crippen LogP contribution in [0.3, 0.4) is 0 Å². The molecule has 0 spiro atoms. The Balaban J connectivity index is 2.28. The summed E-state index contributed by atoms with van der Waals surface area (Å²) >= 11 is 0. The molecule has 1 aromatic carbocycles. The standard InChI is InChI=1S/C22H29NO4/c1-15(24)27-18-11-17(21(2,3)4)12-19(22(5,26)13-18)20(25)23-14-16-9-7-6-8-10-16/h6-12,19,26H,13-14H2,1-5H3,(H,23,25)/t19-,22-/m0/s1. The Morgan fingerprint density at radius 3 is 2.44 bits per heavy atom. The first kappa shape index (κ1) is 20.9. The molecule has 0 saturated heterocycles. The number of amides is 1. The summed E-state index contributed by atoms with van der Waals surface area (Å²) in [7, 11) is 0.